The second kappa shape index (κ2) is 5.21. The summed E-state index contributed by atoms with van der Waals surface area (Å²) >= 11 is 0. The predicted molar refractivity (Wildman–Crippen MR) is 67.3 cm³/mol. The molecule has 0 radical (unpaired) electrons. The Morgan fingerprint density at radius 1 is 1.50 bits per heavy atom. The second-order valence-electron chi connectivity index (χ2n) is 4.38. The maximum Gasteiger partial charge on any atom is 0.120 e. The molecule has 3 heteroatoms. The molecule has 0 aromatic heterocycles. The van der Waals surface area contributed by atoms with Crippen molar-refractivity contribution in [3.63, 3.8) is 0 Å². The minimum absolute atomic E-state index is 0.635. The summed E-state index contributed by atoms with van der Waals surface area (Å²) in [5.74, 6) is 0.920. The van der Waals surface area contributed by atoms with E-state index in [1.807, 2.05) is 12.1 Å². The van der Waals surface area contributed by atoms with E-state index in [2.05, 4.69) is 29.4 Å². The van der Waals surface area contributed by atoms with Gasteiger partial charge in [-0.2, -0.15) is 0 Å². The normalized spacial score (nSPS) is 19.8. The van der Waals surface area contributed by atoms with Crippen molar-refractivity contribution in [2.45, 2.75) is 18.9 Å². The van der Waals surface area contributed by atoms with Crippen LogP contribution in [0.4, 0.5) is 5.69 Å². The van der Waals surface area contributed by atoms with Crippen LogP contribution in [0.3, 0.4) is 0 Å². The highest BCUT2D eigenvalue weighted by Gasteiger charge is 2.16. The van der Waals surface area contributed by atoms with Crippen LogP contribution in [0.2, 0.25) is 0 Å². The van der Waals surface area contributed by atoms with Crippen molar-refractivity contribution in [2.24, 2.45) is 0 Å². The van der Waals surface area contributed by atoms with Gasteiger partial charge in [-0.05, 0) is 31.5 Å². The van der Waals surface area contributed by atoms with Gasteiger partial charge in [0.25, 0.3) is 0 Å². The molecule has 0 bridgehead atoms. The summed E-state index contributed by atoms with van der Waals surface area (Å²) in [7, 11) is 3.84. The zero-order valence-electron chi connectivity index (χ0n) is 10.1. The van der Waals surface area contributed by atoms with Gasteiger partial charge in [-0.25, -0.2) is 0 Å². The zero-order valence-corrected chi connectivity index (χ0v) is 10.1. The summed E-state index contributed by atoms with van der Waals surface area (Å²) in [6, 6.07) is 8.85. The quantitative estimate of drug-likeness (QED) is 0.838. The van der Waals surface area contributed by atoms with Crippen molar-refractivity contribution >= 4 is 5.69 Å². The van der Waals surface area contributed by atoms with Gasteiger partial charge >= 0.3 is 0 Å². The zero-order chi connectivity index (χ0) is 11.4. The standard InChI is InChI=1S/C13H20N2O/c1-15(10-11-5-4-8-14-11)12-6-3-7-13(9-12)16-2/h3,6-7,9,11,14H,4-5,8,10H2,1-2H3. The molecule has 1 atom stereocenters. The van der Waals surface area contributed by atoms with Crippen molar-refractivity contribution in [1.82, 2.24) is 5.32 Å². The van der Waals surface area contributed by atoms with Crippen LogP contribution in [-0.2, 0) is 0 Å². The van der Waals surface area contributed by atoms with Crippen LogP contribution < -0.4 is 15.0 Å². The van der Waals surface area contributed by atoms with Crippen LogP contribution in [0, 0.1) is 0 Å². The molecule has 88 valence electrons. The van der Waals surface area contributed by atoms with E-state index < -0.39 is 0 Å². The van der Waals surface area contributed by atoms with Crippen molar-refractivity contribution in [1.29, 1.82) is 0 Å². The number of hydrogen-bond donors (Lipinski definition) is 1. The molecule has 1 aliphatic rings. The summed E-state index contributed by atoms with van der Waals surface area (Å²) in [5, 5.41) is 3.51. The number of benzene rings is 1. The highest BCUT2D eigenvalue weighted by molar-refractivity contribution is 5.50. The first kappa shape index (κ1) is 11.3. The number of nitrogens with zero attached hydrogens (tertiary/aromatic N) is 1. The Kier molecular flexibility index (Phi) is 3.67. The summed E-state index contributed by atoms with van der Waals surface area (Å²) in [6.45, 7) is 2.23. The predicted octanol–water partition coefficient (Wildman–Crippen LogP) is 1.88. The number of likely N-dealkylation sites (N-methyl/N-ethyl adjacent to an activating group) is 1. The minimum atomic E-state index is 0.635. The molecule has 0 saturated carbocycles. The van der Waals surface area contributed by atoms with E-state index in [0.717, 1.165) is 18.8 Å². The Morgan fingerprint density at radius 2 is 2.38 bits per heavy atom. The van der Waals surface area contributed by atoms with Gasteiger partial charge in [0.1, 0.15) is 5.75 Å². The molecular weight excluding hydrogens is 200 g/mol. The van der Waals surface area contributed by atoms with E-state index in [9.17, 15) is 0 Å². The molecular formula is C13H20N2O. The van der Waals surface area contributed by atoms with Crippen LogP contribution in [-0.4, -0.2) is 33.3 Å². The number of anilines is 1. The first-order valence-corrected chi connectivity index (χ1v) is 5.88. The van der Waals surface area contributed by atoms with Gasteiger partial charge in [0.05, 0.1) is 7.11 Å². The van der Waals surface area contributed by atoms with Crippen LogP contribution in [0.25, 0.3) is 0 Å². The Labute approximate surface area is 97.4 Å². The lowest BCUT2D eigenvalue weighted by Gasteiger charge is -2.23. The van der Waals surface area contributed by atoms with Gasteiger partial charge in [0.2, 0.25) is 0 Å². The number of rotatable bonds is 4. The van der Waals surface area contributed by atoms with Crippen molar-refractivity contribution in [2.75, 3.05) is 32.1 Å². The monoisotopic (exact) mass is 220 g/mol. The van der Waals surface area contributed by atoms with E-state index in [4.69, 9.17) is 4.74 Å². The van der Waals surface area contributed by atoms with Crippen LogP contribution in [0.15, 0.2) is 24.3 Å². The lowest BCUT2D eigenvalue weighted by molar-refractivity contribution is 0.415. The van der Waals surface area contributed by atoms with Gasteiger partial charge in [0, 0.05) is 31.4 Å². The third kappa shape index (κ3) is 2.67. The highest BCUT2D eigenvalue weighted by Crippen LogP contribution is 2.20. The Hall–Kier alpha value is -1.22. The average molecular weight is 220 g/mol. The molecule has 0 spiro atoms. The number of hydrogen-bond acceptors (Lipinski definition) is 3. The summed E-state index contributed by atoms with van der Waals surface area (Å²) < 4.78 is 5.23. The van der Waals surface area contributed by atoms with Gasteiger partial charge in [-0.15, -0.1) is 0 Å². The highest BCUT2D eigenvalue weighted by atomic mass is 16.5. The molecule has 1 unspecified atom stereocenters. The molecule has 1 saturated heterocycles. The maximum atomic E-state index is 5.23. The van der Waals surface area contributed by atoms with Crippen molar-refractivity contribution in [3.8, 4) is 5.75 Å². The number of nitrogens with one attached hydrogen (secondary N) is 1. The fraction of sp³-hybridized carbons (Fsp3) is 0.538. The minimum Gasteiger partial charge on any atom is -0.497 e. The van der Waals surface area contributed by atoms with Crippen LogP contribution >= 0.6 is 0 Å². The third-order valence-electron chi connectivity index (χ3n) is 3.15. The average Bonchev–Trinajstić information content (AvgIpc) is 2.82. The molecule has 1 aliphatic heterocycles. The SMILES string of the molecule is COc1cccc(N(C)CC2CCCN2)c1. The fourth-order valence-corrected chi connectivity index (χ4v) is 2.20. The molecule has 1 fully saturated rings. The molecule has 0 aliphatic carbocycles. The van der Waals surface area contributed by atoms with Gasteiger partial charge < -0.3 is 15.0 Å². The second-order valence-corrected chi connectivity index (χ2v) is 4.38. The number of ether oxygens (including phenoxy) is 1. The van der Waals surface area contributed by atoms with E-state index >= 15 is 0 Å². The van der Waals surface area contributed by atoms with E-state index in [1.165, 1.54) is 18.5 Å². The van der Waals surface area contributed by atoms with E-state index in [-0.39, 0.29) is 0 Å². The van der Waals surface area contributed by atoms with Gasteiger partial charge in [0.15, 0.2) is 0 Å². The van der Waals surface area contributed by atoms with Gasteiger partial charge in [-0.1, -0.05) is 6.07 Å². The molecule has 1 N–H and O–H groups in total. The smallest absolute Gasteiger partial charge is 0.120 e. The topological polar surface area (TPSA) is 24.5 Å². The molecule has 0 amide bonds. The lowest BCUT2D eigenvalue weighted by Crippen LogP contribution is -2.35. The van der Waals surface area contributed by atoms with Crippen LogP contribution in [0.1, 0.15) is 12.8 Å². The molecule has 1 aromatic rings. The van der Waals surface area contributed by atoms with Crippen molar-refractivity contribution < 1.29 is 4.74 Å². The largest absolute Gasteiger partial charge is 0.497 e. The maximum absolute atomic E-state index is 5.23. The van der Waals surface area contributed by atoms with E-state index in [0.29, 0.717) is 6.04 Å². The Balaban J connectivity index is 1.98. The number of methoxy groups -OCH3 is 1. The summed E-state index contributed by atoms with van der Waals surface area (Å²) in [5.41, 5.74) is 1.22. The first-order valence-electron chi connectivity index (χ1n) is 5.88. The Morgan fingerprint density at radius 3 is 3.06 bits per heavy atom. The summed E-state index contributed by atoms with van der Waals surface area (Å²) in [6.07, 6.45) is 2.59. The summed E-state index contributed by atoms with van der Waals surface area (Å²) in [4.78, 5) is 2.28. The third-order valence-corrected chi connectivity index (χ3v) is 3.15. The molecule has 2 rings (SSSR count). The van der Waals surface area contributed by atoms with Crippen molar-refractivity contribution in [3.05, 3.63) is 24.3 Å². The first-order chi connectivity index (χ1) is 7.79. The molecule has 3 nitrogen and oxygen atoms in total. The lowest BCUT2D eigenvalue weighted by atomic mass is 10.2. The molecule has 1 heterocycles. The Bertz CT molecular complexity index is 334. The van der Waals surface area contributed by atoms with Crippen LogP contribution in [0.5, 0.6) is 5.75 Å². The molecule has 1 aromatic carbocycles. The fourth-order valence-electron chi connectivity index (χ4n) is 2.20. The molecule has 16 heavy (non-hydrogen) atoms. The van der Waals surface area contributed by atoms with E-state index in [1.54, 1.807) is 7.11 Å². The van der Waals surface area contributed by atoms with Gasteiger partial charge in [-0.3, -0.25) is 0 Å².